The van der Waals surface area contributed by atoms with E-state index < -0.39 is 5.97 Å². The Hall–Kier alpha value is -2.31. The summed E-state index contributed by atoms with van der Waals surface area (Å²) in [7, 11) is 0. The second kappa shape index (κ2) is 7.63. The highest BCUT2D eigenvalue weighted by Crippen LogP contribution is 2.19. The van der Waals surface area contributed by atoms with Crippen LogP contribution in [0.4, 0.5) is 0 Å². The lowest BCUT2D eigenvalue weighted by atomic mass is 9.95. The van der Waals surface area contributed by atoms with Crippen molar-refractivity contribution in [2.24, 2.45) is 5.92 Å². The predicted octanol–water partition coefficient (Wildman–Crippen LogP) is 0.811. The zero-order valence-corrected chi connectivity index (χ0v) is 12.5. The topological polar surface area (TPSA) is 88.9 Å². The molecule has 0 radical (unpaired) electrons. The molecule has 0 spiro atoms. The number of rotatable bonds is 5. The minimum atomic E-state index is -0.443. The molecule has 22 heavy (non-hydrogen) atoms. The SMILES string of the molecule is CCOC(=O)CNC(=O)C1CCN(C(=O)c2ccco2)CC1. The molecule has 1 saturated heterocycles. The van der Waals surface area contributed by atoms with Gasteiger partial charge in [0.15, 0.2) is 5.76 Å². The van der Waals surface area contributed by atoms with Crippen molar-refractivity contribution in [1.29, 1.82) is 0 Å². The van der Waals surface area contributed by atoms with E-state index in [0.717, 1.165) is 0 Å². The van der Waals surface area contributed by atoms with E-state index in [2.05, 4.69) is 5.32 Å². The van der Waals surface area contributed by atoms with Gasteiger partial charge >= 0.3 is 5.97 Å². The van der Waals surface area contributed by atoms with Crippen molar-refractivity contribution in [1.82, 2.24) is 10.2 Å². The Bertz CT molecular complexity index is 518. The molecule has 2 rings (SSSR count). The van der Waals surface area contributed by atoms with E-state index in [0.29, 0.717) is 38.3 Å². The van der Waals surface area contributed by atoms with Crippen LogP contribution >= 0.6 is 0 Å². The fourth-order valence-electron chi connectivity index (χ4n) is 2.42. The van der Waals surface area contributed by atoms with Crippen molar-refractivity contribution in [3.63, 3.8) is 0 Å². The van der Waals surface area contributed by atoms with Crippen LogP contribution < -0.4 is 5.32 Å². The summed E-state index contributed by atoms with van der Waals surface area (Å²) >= 11 is 0. The van der Waals surface area contributed by atoms with Crippen molar-refractivity contribution in [2.75, 3.05) is 26.2 Å². The highest BCUT2D eigenvalue weighted by Gasteiger charge is 2.28. The number of carbonyl (C=O) groups excluding carboxylic acids is 3. The molecule has 0 aliphatic carbocycles. The van der Waals surface area contributed by atoms with Gasteiger partial charge in [0.05, 0.1) is 12.9 Å². The predicted molar refractivity (Wildman–Crippen MR) is 77.0 cm³/mol. The number of likely N-dealkylation sites (tertiary alicyclic amines) is 1. The van der Waals surface area contributed by atoms with Gasteiger partial charge in [0, 0.05) is 19.0 Å². The lowest BCUT2D eigenvalue weighted by Gasteiger charge is -2.30. The van der Waals surface area contributed by atoms with Gasteiger partial charge in [0.2, 0.25) is 5.91 Å². The first-order chi connectivity index (χ1) is 10.6. The number of ether oxygens (including phenoxy) is 1. The number of esters is 1. The first kappa shape index (κ1) is 16.1. The maximum atomic E-state index is 12.1. The first-order valence-electron chi connectivity index (χ1n) is 7.38. The zero-order valence-electron chi connectivity index (χ0n) is 12.5. The quantitative estimate of drug-likeness (QED) is 0.813. The van der Waals surface area contributed by atoms with Crippen LogP contribution in [-0.2, 0) is 14.3 Å². The summed E-state index contributed by atoms with van der Waals surface area (Å²) in [4.78, 5) is 36.9. The zero-order chi connectivity index (χ0) is 15.9. The van der Waals surface area contributed by atoms with Crippen LogP contribution in [0.25, 0.3) is 0 Å². The maximum absolute atomic E-state index is 12.1. The minimum absolute atomic E-state index is 0.113. The molecule has 2 amide bonds. The van der Waals surface area contributed by atoms with Gasteiger partial charge < -0.3 is 19.4 Å². The molecule has 7 heteroatoms. The van der Waals surface area contributed by atoms with E-state index in [1.54, 1.807) is 24.0 Å². The second-order valence-corrected chi connectivity index (χ2v) is 5.07. The van der Waals surface area contributed by atoms with Crippen LogP contribution in [0, 0.1) is 5.92 Å². The van der Waals surface area contributed by atoms with E-state index in [1.165, 1.54) is 6.26 Å². The molecule has 7 nitrogen and oxygen atoms in total. The number of nitrogens with zero attached hydrogens (tertiary/aromatic N) is 1. The molecule has 1 N–H and O–H groups in total. The van der Waals surface area contributed by atoms with Crippen LogP contribution in [0.3, 0.4) is 0 Å². The molecule has 1 fully saturated rings. The van der Waals surface area contributed by atoms with E-state index >= 15 is 0 Å². The smallest absolute Gasteiger partial charge is 0.325 e. The molecule has 0 saturated carbocycles. The second-order valence-electron chi connectivity index (χ2n) is 5.07. The Balaban J connectivity index is 1.76. The summed E-state index contributed by atoms with van der Waals surface area (Å²) in [6.45, 7) is 2.89. The van der Waals surface area contributed by atoms with Crippen molar-refractivity contribution in [2.45, 2.75) is 19.8 Å². The third-order valence-corrected chi connectivity index (χ3v) is 3.60. The van der Waals surface area contributed by atoms with Crippen molar-refractivity contribution in [3.8, 4) is 0 Å². The summed E-state index contributed by atoms with van der Waals surface area (Å²) in [6.07, 6.45) is 2.60. The van der Waals surface area contributed by atoms with Gasteiger partial charge in [-0.15, -0.1) is 0 Å². The largest absolute Gasteiger partial charge is 0.465 e. The summed E-state index contributed by atoms with van der Waals surface area (Å²) in [5.74, 6) is -0.643. The number of hydrogen-bond acceptors (Lipinski definition) is 5. The molecular weight excluding hydrogens is 288 g/mol. The molecule has 0 unspecified atom stereocenters. The van der Waals surface area contributed by atoms with Crippen molar-refractivity contribution < 1.29 is 23.5 Å². The Kier molecular flexibility index (Phi) is 5.57. The number of furan rings is 1. The van der Waals surface area contributed by atoms with Gasteiger partial charge in [-0.25, -0.2) is 0 Å². The standard InChI is InChI=1S/C15H20N2O5/c1-2-21-13(18)10-16-14(19)11-5-7-17(8-6-11)15(20)12-4-3-9-22-12/h3-4,9,11H,2,5-8,10H2,1H3,(H,16,19). The third kappa shape index (κ3) is 4.09. The molecule has 120 valence electrons. The van der Waals surface area contributed by atoms with Gasteiger partial charge in [-0.05, 0) is 31.9 Å². The number of hydrogen-bond donors (Lipinski definition) is 1. The number of carbonyl (C=O) groups is 3. The number of piperidine rings is 1. The fraction of sp³-hybridized carbons (Fsp3) is 0.533. The van der Waals surface area contributed by atoms with E-state index in [9.17, 15) is 14.4 Å². The molecular formula is C15H20N2O5. The Morgan fingerprint density at radius 2 is 2.09 bits per heavy atom. The van der Waals surface area contributed by atoms with Crippen LogP contribution in [0.15, 0.2) is 22.8 Å². The highest BCUT2D eigenvalue weighted by atomic mass is 16.5. The van der Waals surface area contributed by atoms with Crippen molar-refractivity contribution in [3.05, 3.63) is 24.2 Å². The number of amides is 2. The Labute approximate surface area is 128 Å². The monoisotopic (exact) mass is 308 g/mol. The molecule has 1 aliphatic heterocycles. The minimum Gasteiger partial charge on any atom is -0.465 e. The molecule has 0 atom stereocenters. The van der Waals surface area contributed by atoms with E-state index in [-0.39, 0.29) is 24.3 Å². The molecule has 2 heterocycles. The molecule has 1 aromatic heterocycles. The van der Waals surface area contributed by atoms with E-state index in [4.69, 9.17) is 9.15 Å². The maximum Gasteiger partial charge on any atom is 0.325 e. The van der Waals surface area contributed by atoms with Crippen LogP contribution in [0.2, 0.25) is 0 Å². The summed E-state index contributed by atoms with van der Waals surface area (Å²) in [5.41, 5.74) is 0. The average Bonchev–Trinajstić information content (AvgIpc) is 3.07. The van der Waals surface area contributed by atoms with Gasteiger partial charge in [-0.1, -0.05) is 0 Å². The van der Waals surface area contributed by atoms with Gasteiger partial charge in [0.1, 0.15) is 6.54 Å². The molecule has 0 bridgehead atoms. The lowest BCUT2D eigenvalue weighted by Crippen LogP contribution is -2.44. The van der Waals surface area contributed by atoms with Crippen LogP contribution in [-0.4, -0.2) is 48.9 Å². The Morgan fingerprint density at radius 3 is 2.68 bits per heavy atom. The molecule has 1 aliphatic rings. The Morgan fingerprint density at radius 1 is 1.36 bits per heavy atom. The summed E-state index contributed by atoms with van der Waals surface area (Å²) in [5, 5.41) is 2.57. The van der Waals surface area contributed by atoms with Crippen LogP contribution in [0.5, 0.6) is 0 Å². The average molecular weight is 308 g/mol. The summed E-state index contributed by atoms with van der Waals surface area (Å²) in [6, 6.07) is 3.29. The first-order valence-corrected chi connectivity index (χ1v) is 7.38. The summed E-state index contributed by atoms with van der Waals surface area (Å²) < 4.78 is 9.84. The van der Waals surface area contributed by atoms with Crippen LogP contribution in [0.1, 0.15) is 30.3 Å². The van der Waals surface area contributed by atoms with Gasteiger partial charge in [-0.3, -0.25) is 14.4 Å². The van der Waals surface area contributed by atoms with Gasteiger partial charge in [0.25, 0.3) is 5.91 Å². The number of nitrogens with one attached hydrogen (secondary N) is 1. The van der Waals surface area contributed by atoms with Gasteiger partial charge in [-0.2, -0.15) is 0 Å². The van der Waals surface area contributed by atoms with E-state index in [1.807, 2.05) is 0 Å². The molecule has 1 aromatic rings. The molecule has 0 aromatic carbocycles. The third-order valence-electron chi connectivity index (χ3n) is 3.60. The van der Waals surface area contributed by atoms with Crippen molar-refractivity contribution >= 4 is 17.8 Å². The fourth-order valence-corrected chi connectivity index (χ4v) is 2.42. The highest BCUT2D eigenvalue weighted by molar-refractivity contribution is 5.91. The normalized spacial score (nSPS) is 15.4. The lowest BCUT2D eigenvalue weighted by molar-refractivity contribution is -0.144.